The third kappa shape index (κ3) is 3.73. The fourth-order valence-corrected chi connectivity index (χ4v) is 2.64. The first kappa shape index (κ1) is 15.8. The van der Waals surface area contributed by atoms with Crippen LogP contribution in [0.3, 0.4) is 0 Å². The molecular formula is C16H15BrF2O2. The molecule has 0 heterocycles. The molecule has 0 aliphatic heterocycles. The molecule has 0 fully saturated rings. The molecule has 0 aliphatic carbocycles. The van der Waals surface area contributed by atoms with Gasteiger partial charge in [0.15, 0.2) is 11.6 Å². The molecule has 0 amide bonds. The Bertz CT molecular complexity index is 609. The summed E-state index contributed by atoms with van der Waals surface area (Å²) in [7, 11) is 3.13. The molecular weight excluding hydrogens is 342 g/mol. The van der Waals surface area contributed by atoms with E-state index in [-0.39, 0.29) is 4.83 Å². The highest BCUT2D eigenvalue weighted by molar-refractivity contribution is 9.09. The Kier molecular flexibility index (Phi) is 5.17. The summed E-state index contributed by atoms with van der Waals surface area (Å²) in [6, 6.07) is 9.60. The van der Waals surface area contributed by atoms with Crippen molar-refractivity contribution in [3.05, 3.63) is 59.2 Å². The number of rotatable bonds is 5. The zero-order valence-electron chi connectivity index (χ0n) is 11.7. The number of ether oxygens (including phenoxy) is 2. The van der Waals surface area contributed by atoms with E-state index in [9.17, 15) is 8.78 Å². The average molecular weight is 357 g/mol. The van der Waals surface area contributed by atoms with Gasteiger partial charge in [0.25, 0.3) is 0 Å². The highest BCUT2D eigenvalue weighted by Crippen LogP contribution is 2.33. The Hall–Kier alpha value is -1.62. The maximum Gasteiger partial charge on any atom is 0.162 e. The van der Waals surface area contributed by atoms with Crippen LogP contribution in [0.4, 0.5) is 8.78 Å². The highest BCUT2D eigenvalue weighted by Gasteiger charge is 2.15. The number of methoxy groups -OCH3 is 2. The summed E-state index contributed by atoms with van der Waals surface area (Å²) >= 11 is 3.51. The van der Waals surface area contributed by atoms with Crippen LogP contribution in [0.15, 0.2) is 36.4 Å². The second-order valence-corrected chi connectivity index (χ2v) is 5.64. The zero-order chi connectivity index (χ0) is 15.4. The zero-order valence-corrected chi connectivity index (χ0v) is 13.3. The van der Waals surface area contributed by atoms with Crippen LogP contribution in [0.2, 0.25) is 0 Å². The standard InChI is InChI=1S/C16H15BrF2O2/c1-20-12-6-11(7-13(9-12)21-2)14(17)8-10-4-3-5-15(18)16(10)19/h3-7,9,14H,8H2,1-2H3. The lowest BCUT2D eigenvalue weighted by Gasteiger charge is -2.14. The van der Waals surface area contributed by atoms with E-state index in [1.54, 1.807) is 26.4 Å². The van der Waals surface area contributed by atoms with Gasteiger partial charge in [-0.1, -0.05) is 28.1 Å². The Balaban J connectivity index is 2.27. The third-order valence-electron chi connectivity index (χ3n) is 3.17. The van der Waals surface area contributed by atoms with Crippen molar-refractivity contribution < 1.29 is 18.3 Å². The van der Waals surface area contributed by atoms with Crippen molar-refractivity contribution in [1.29, 1.82) is 0 Å². The van der Waals surface area contributed by atoms with Crippen LogP contribution in [0.5, 0.6) is 11.5 Å². The molecule has 0 aromatic heterocycles. The quantitative estimate of drug-likeness (QED) is 0.725. The molecule has 2 aromatic carbocycles. The van der Waals surface area contributed by atoms with Crippen LogP contribution >= 0.6 is 15.9 Å². The fraction of sp³-hybridized carbons (Fsp3) is 0.250. The monoisotopic (exact) mass is 356 g/mol. The van der Waals surface area contributed by atoms with Gasteiger partial charge in [0.1, 0.15) is 11.5 Å². The predicted octanol–water partition coefficient (Wildman–Crippen LogP) is 4.66. The summed E-state index contributed by atoms with van der Waals surface area (Å²) in [6.07, 6.45) is 0.319. The lowest BCUT2D eigenvalue weighted by atomic mass is 10.0. The van der Waals surface area contributed by atoms with Gasteiger partial charge < -0.3 is 9.47 Å². The first-order valence-corrected chi connectivity index (χ1v) is 7.26. The van der Waals surface area contributed by atoms with Crippen LogP contribution in [0.1, 0.15) is 16.0 Å². The van der Waals surface area contributed by atoms with Crippen LogP contribution in [0, 0.1) is 11.6 Å². The Labute approximate surface area is 130 Å². The molecule has 0 bridgehead atoms. The minimum absolute atomic E-state index is 0.183. The number of hydrogen-bond acceptors (Lipinski definition) is 2. The second-order valence-electron chi connectivity index (χ2n) is 4.53. The molecule has 21 heavy (non-hydrogen) atoms. The van der Waals surface area contributed by atoms with E-state index in [2.05, 4.69) is 15.9 Å². The van der Waals surface area contributed by atoms with Gasteiger partial charge in [0, 0.05) is 10.9 Å². The molecule has 0 spiro atoms. The maximum absolute atomic E-state index is 13.7. The van der Waals surface area contributed by atoms with Gasteiger partial charge in [-0.2, -0.15) is 0 Å². The summed E-state index contributed by atoms with van der Waals surface area (Å²) in [4.78, 5) is -0.183. The van der Waals surface area contributed by atoms with Gasteiger partial charge in [-0.3, -0.25) is 0 Å². The smallest absolute Gasteiger partial charge is 0.162 e. The van der Waals surface area contributed by atoms with Gasteiger partial charge >= 0.3 is 0 Å². The van der Waals surface area contributed by atoms with Crippen LogP contribution < -0.4 is 9.47 Å². The van der Waals surface area contributed by atoms with Crippen molar-refractivity contribution >= 4 is 15.9 Å². The first-order chi connectivity index (χ1) is 10.0. The van der Waals surface area contributed by atoms with E-state index >= 15 is 0 Å². The number of benzene rings is 2. The minimum atomic E-state index is -0.838. The van der Waals surface area contributed by atoms with Crippen molar-refractivity contribution in [2.45, 2.75) is 11.2 Å². The van der Waals surface area contributed by atoms with E-state index < -0.39 is 11.6 Å². The Morgan fingerprint density at radius 1 is 1.05 bits per heavy atom. The fourth-order valence-electron chi connectivity index (χ4n) is 2.03. The lowest BCUT2D eigenvalue weighted by Crippen LogP contribution is -2.01. The summed E-state index contributed by atoms with van der Waals surface area (Å²) < 4.78 is 37.4. The van der Waals surface area contributed by atoms with Gasteiger partial charge in [0.2, 0.25) is 0 Å². The summed E-state index contributed by atoms with van der Waals surface area (Å²) in [5, 5.41) is 0. The topological polar surface area (TPSA) is 18.5 Å². The van der Waals surface area contributed by atoms with E-state index in [1.807, 2.05) is 12.1 Å². The van der Waals surface area contributed by atoms with Crippen molar-refractivity contribution in [2.24, 2.45) is 0 Å². The molecule has 0 aliphatic rings. The SMILES string of the molecule is COc1cc(OC)cc(C(Br)Cc2cccc(F)c2F)c1. The van der Waals surface area contributed by atoms with Crippen molar-refractivity contribution in [1.82, 2.24) is 0 Å². The maximum atomic E-state index is 13.7. The van der Waals surface area contributed by atoms with Gasteiger partial charge in [0.05, 0.1) is 14.2 Å². The molecule has 0 N–H and O–H groups in total. The minimum Gasteiger partial charge on any atom is -0.497 e. The first-order valence-electron chi connectivity index (χ1n) is 6.35. The molecule has 2 rings (SSSR count). The van der Waals surface area contributed by atoms with Crippen molar-refractivity contribution in [3.8, 4) is 11.5 Å². The van der Waals surface area contributed by atoms with Gasteiger partial charge in [-0.15, -0.1) is 0 Å². The van der Waals surface area contributed by atoms with E-state index in [1.165, 1.54) is 6.07 Å². The largest absolute Gasteiger partial charge is 0.497 e. The van der Waals surface area contributed by atoms with E-state index in [0.717, 1.165) is 11.6 Å². The molecule has 2 nitrogen and oxygen atoms in total. The molecule has 0 radical (unpaired) electrons. The van der Waals surface area contributed by atoms with Crippen LogP contribution in [-0.2, 0) is 6.42 Å². The molecule has 0 saturated carbocycles. The molecule has 1 unspecified atom stereocenters. The average Bonchev–Trinajstić information content (AvgIpc) is 2.51. The van der Waals surface area contributed by atoms with E-state index in [0.29, 0.717) is 23.5 Å². The molecule has 112 valence electrons. The van der Waals surface area contributed by atoms with Crippen molar-refractivity contribution in [3.63, 3.8) is 0 Å². The lowest BCUT2D eigenvalue weighted by molar-refractivity contribution is 0.393. The molecule has 1 atom stereocenters. The number of alkyl halides is 1. The molecule has 0 saturated heterocycles. The predicted molar refractivity (Wildman–Crippen MR) is 81.3 cm³/mol. The second kappa shape index (κ2) is 6.89. The van der Waals surface area contributed by atoms with Crippen LogP contribution in [-0.4, -0.2) is 14.2 Å². The highest BCUT2D eigenvalue weighted by atomic mass is 79.9. The number of halogens is 3. The van der Waals surface area contributed by atoms with Gasteiger partial charge in [-0.25, -0.2) is 8.78 Å². The summed E-state index contributed by atoms with van der Waals surface area (Å²) in [5.41, 5.74) is 1.19. The van der Waals surface area contributed by atoms with Gasteiger partial charge in [-0.05, 0) is 35.7 Å². The number of hydrogen-bond donors (Lipinski definition) is 0. The van der Waals surface area contributed by atoms with E-state index in [4.69, 9.17) is 9.47 Å². The Morgan fingerprint density at radius 3 is 2.24 bits per heavy atom. The molecule has 2 aromatic rings. The van der Waals surface area contributed by atoms with Crippen LogP contribution in [0.25, 0.3) is 0 Å². The Morgan fingerprint density at radius 2 is 1.67 bits per heavy atom. The normalized spacial score (nSPS) is 12.0. The summed E-state index contributed by atoms with van der Waals surface area (Å²) in [5.74, 6) is -0.353. The third-order valence-corrected chi connectivity index (χ3v) is 4.02. The van der Waals surface area contributed by atoms with Crippen molar-refractivity contribution in [2.75, 3.05) is 14.2 Å². The summed E-state index contributed by atoms with van der Waals surface area (Å²) in [6.45, 7) is 0. The molecule has 5 heteroatoms.